The molecule has 0 amide bonds. The third-order valence-electron chi connectivity index (χ3n) is 3.41. The molecule has 18 heavy (non-hydrogen) atoms. The third-order valence-corrected chi connectivity index (χ3v) is 3.41. The second kappa shape index (κ2) is 10.8. The quantitative estimate of drug-likeness (QED) is 0.529. The maximum absolute atomic E-state index is 9.59. The predicted octanol–water partition coefficient (Wildman–Crippen LogP) is 3.11. The lowest BCUT2D eigenvalue weighted by molar-refractivity contribution is 0.0971. The highest BCUT2D eigenvalue weighted by Crippen LogP contribution is 2.18. The summed E-state index contributed by atoms with van der Waals surface area (Å²) in [5.41, 5.74) is -0.124. The molecule has 0 aromatic rings. The van der Waals surface area contributed by atoms with Crippen molar-refractivity contribution in [2.75, 3.05) is 19.8 Å². The Hall–Kier alpha value is -0.120. The Balaban J connectivity index is 3.76. The first-order valence-corrected chi connectivity index (χ1v) is 7.56. The molecule has 0 aromatic heterocycles. The molecule has 0 heterocycles. The SMILES string of the molecule is CCCCCOCCCC(CC)(CO)NC(C)C. The monoisotopic (exact) mass is 259 g/mol. The third kappa shape index (κ3) is 8.06. The summed E-state index contributed by atoms with van der Waals surface area (Å²) in [5.74, 6) is 0. The maximum Gasteiger partial charge on any atom is 0.0613 e. The van der Waals surface area contributed by atoms with Crippen LogP contribution < -0.4 is 5.32 Å². The number of aliphatic hydroxyl groups is 1. The first-order valence-electron chi connectivity index (χ1n) is 7.56. The molecule has 3 nitrogen and oxygen atoms in total. The molecule has 0 aliphatic rings. The van der Waals surface area contributed by atoms with Crippen LogP contribution in [0, 0.1) is 0 Å². The topological polar surface area (TPSA) is 41.5 Å². The van der Waals surface area contributed by atoms with Gasteiger partial charge in [-0.3, -0.25) is 0 Å². The lowest BCUT2D eigenvalue weighted by Gasteiger charge is -2.34. The Morgan fingerprint density at radius 1 is 1.11 bits per heavy atom. The highest BCUT2D eigenvalue weighted by Gasteiger charge is 2.26. The summed E-state index contributed by atoms with van der Waals surface area (Å²) >= 11 is 0. The van der Waals surface area contributed by atoms with Crippen LogP contribution in [0.25, 0.3) is 0 Å². The minimum atomic E-state index is -0.124. The van der Waals surface area contributed by atoms with Gasteiger partial charge < -0.3 is 15.2 Å². The van der Waals surface area contributed by atoms with E-state index in [1.807, 2.05) is 0 Å². The molecule has 0 aliphatic heterocycles. The van der Waals surface area contributed by atoms with E-state index in [9.17, 15) is 5.11 Å². The van der Waals surface area contributed by atoms with Gasteiger partial charge in [-0.15, -0.1) is 0 Å². The van der Waals surface area contributed by atoms with Gasteiger partial charge in [0.05, 0.1) is 6.61 Å². The molecule has 0 rings (SSSR count). The minimum absolute atomic E-state index is 0.124. The second-order valence-corrected chi connectivity index (χ2v) is 5.51. The molecule has 3 heteroatoms. The fourth-order valence-corrected chi connectivity index (χ4v) is 2.27. The molecule has 0 saturated carbocycles. The van der Waals surface area contributed by atoms with Crippen LogP contribution in [0.4, 0.5) is 0 Å². The fourth-order valence-electron chi connectivity index (χ4n) is 2.27. The van der Waals surface area contributed by atoms with Gasteiger partial charge in [-0.1, -0.05) is 40.5 Å². The van der Waals surface area contributed by atoms with Crippen LogP contribution in [0.1, 0.15) is 66.2 Å². The second-order valence-electron chi connectivity index (χ2n) is 5.51. The lowest BCUT2D eigenvalue weighted by atomic mass is 9.90. The number of ether oxygens (including phenoxy) is 1. The molecular weight excluding hydrogens is 226 g/mol. The van der Waals surface area contributed by atoms with Crippen molar-refractivity contribution in [2.45, 2.75) is 77.8 Å². The van der Waals surface area contributed by atoms with Crippen LogP contribution in [0.15, 0.2) is 0 Å². The van der Waals surface area contributed by atoms with E-state index in [0.29, 0.717) is 6.04 Å². The standard InChI is InChI=1S/C15H33NO2/c1-5-7-8-11-18-12-9-10-15(6-2,13-17)16-14(3)4/h14,16-17H,5-13H2,1-4H3. The maximum atomic E-state index is 9.59. The molecule has 0 saturated heterocycles. The van der Waals surface area contributed by atoms with Crippen LogP contribution in [-0.4, -0.2) is 36.5 Å². The van der Waals surface area contributed by atoms with Gasteiger partial charge in [0.1, 0.15) is 0 Å². The van der Waals surface area contributed by atoms with Crippen molar-refractivity contribution < 1.29 is 9.84 Å². The molecule has 0 aliphatic carbocycles. The van der Waals surface area contributed by atoms with Gasteiger partial charge in [0.2, 0.25) is 0 Å². The van der Waals surface area contributed by atoms with Gasteiger partial charge in [0, 0.05) is 24.8 Å². The lowest BCUT2D eigenvalue weighted by Crippen LogP contribution is -2.51. The first kappa shape index (κ1) is 17.9. The van der Waals surface area contributed by atoms with E-state index in [2.05, 4.69) is 33.0 Å². The summed E-state index contributed by atoms with van der Waals surface area (Å²) in [6.07, 6.45) is 6.61. The highest BCUT2D eigenvalue weighted by molar-refractivity contribution is 4.87. The largest absolute Gasteiger partial charge is 0.394 e. The van der Waals surface area contributed by atoms with Crippen LogP contribution in [0.5, 0.6) is 0 Å². The Morgan fingerprint density at radius 2 is 1.78 bits per heavy atom. The van der Waals surface area contributed by atoms with E-state index in [-0.39, 0.29) is 12.1 Å². The zero-order valence-electron chi connectivity index (χ0n) is 12.8. The smallest absolute Gasteiger partial charge is 0.0613 e. The van der Waals surface area contributed by atoms with Crippen LogP contribution in [0.3, 0.4) is 0 Å². The zero-order valence-corrected chi connectivity index (χ0v) is 12.8. The van der Waals surface area contributed by atoms with Crippen LogP contribution in [0.2, 0.25) is 0 Å². The summed E-state index contributed by atoms with van der Waals surface area (Å²) in [6, 6.07) is 0.405. The average Bonchev–Trinajstić information content (AvgIpc) is 2.36. The molecule has 0 spiro atoms. The zero-order chi connectivity index (χ0) is 13.9. The number of rotatable bonds is 12. The Labute approximate surface area is 113 Å². The van der Waals surface area contributed by atoms with Crippen molar-refractivity contribution in [3.63, 3.8) is 0 Å². The summed E-state index contributed by atoms with van der Waals surface area (Å²) < 4.78 is 5.62. The normalized spacial score (nSPS) is 15.0. The van der Waals surface area contributed by atoms with E-state index < -0.39 is 0 Å². The van der Waals surface area contributed by atoms with E-state index in [4.69, 9.17) is 4.74 Å². The first-order chi connectivity index (χ1) is 8.60. The van der Waals surface area contributed by atoms with Gasteiger partial charge in [-0.25, -0.2) is 0 Å². The Bertz CT molecular complexity index is 179. The van der Waals surface area contributed by atoms with E-state index >= 15 is 0 Å². The molecule has 0 radical (unpaired) electrons. The number of nitrogens with one attached hydrogen (secondary N) is 1. The minimum Gasteiger partial charge on any atom is -0.394 e. The Morgan fingerprint density at radius 3 is 2.28 bits per heavy atom. The van der Waals surface area contributed by atoms with Crippen molar-refractivity contribution >= 4 is 0 Å². The van der Waals surface area contributed by atoms with Gasteiger partial charge in [0.15, 0.2) is 0 Å². The summed E-state index contributed by atoms with van der Waals surface area (Å²) in [6.45, 7) is 10.5. The number of hydrogen-bond acceptors (Lipinski definition) is 3. The van der Waals surface area contributed by atoms with Crippen molar-refractivity contribution in [3.05, 3.63) is 0 Å². The van der Waals surface area contributed by atoms with E-state index in [1.165, 1.54) is 19.3 Å². The molecule has 110 valence electrons. The summed E-state index contributed by atoms with van der Waals surface area (Å²) in [7, 11) is 0. The molecule has 0 fully saturated rings. The van der Waals surface area contributed by atoms with E-state index in [0.717, 1.165) is 32.5 Å². The van der Waals surface area contributed by atoms with Gasteiger partial charge in [0.25, 0.3) is 0 Å². The number of unbranched alkanes of at least 4 members (excludes halogenated alkanes) is 2. The molecule has 0 aromatic carbocycles. The molecular formula is C15H33NO2. The number of hydrogen-bond donors (Lipinski definition) is 2. The summed E-state index contributed by atoms with van der Waals surface area (Å²) in [4.78, 5) is 0. The van der Waals surface area contributed by atoms with Crippen LogP contribution in [-0.2, 0) is 4.74 Å². The summed E-state index contributed by atoms with van der Waals surface area (Å²) in [5, 5.41) is 13.1. The average molecular weight is 259 g/mol. The molecule has 2 N–H and O–H groups in total. The number of aliphatic hydroxyl groups excluding tert-OH is 1. The van der Waals surface area contributed by atoms with Gasteiger partial charge in [-0.05, 0) is 25.7 Å². The van der Waals surface area contributed by atoms with Crippen molar-refractivity contribution in [3.8, 4) is 0 Å². The van der Waals surface area contributed by atoms with Crippen LogP contribution >= 0.6 is 0 Å². The van der Waals surface area contributed by atoms with Crippen molar-refractivity contribution in [2.24, 2.45) is 0 Å². The Kier molecular flexibility index (Phi) is 10.7. The van der Waals surface area contributed by atoms with Crippen molar-refractivity contribution in [1.29, 1.82) is 0 Å². The molecule has 1 atom stereocenters. The van der Waals surface area contributed by atoms with Crippen molar-refractivity contribution in [1.82, 2.24) is 5.32 Å². The van der Waals surface area contributed by atoms with Gasteiger partial charge >= 0.3 is 0 Å². The fraction of sp³-hybridized carbons (Fsp3) is 1.00. The predicted molar refractivity (Wildman–Crippen MR) is 78.0 cm³/mol. The highest BCUT2D eigenvalue weighted by atomic mass is 16.5. The molecule has 1 unspecified atom stereocenters. The van der Waals surface area contributed by atoms with E-state index in [1.54, 1.807) is 0 Å². The van der Waals surface area contributed by atoms with Gasteiger partial charge in [-0.2, -0.15) is 0 Å². The molecule has 0 bridgehead atoms.